The van der Waals surface area contributed by atoms with Crippen molar-refractivity contribution in [1.82, 2.24) is 25.0 Å². The highest BCUT2D eigenvalue weighted by Gasteiger charge is 2.36. The van der Waals surface area contributed by atoms with E-state index in [0.29, 0.717) is 17.4 Å². The van der Waals surface area contributed by atoms with Crippen LogP contribution in [0.5, 0.6) is 17.2 Å². The molecule has 2 aromatic heterocycles. The molecule has 5 rings (SSSR count). The van der Waals surface area contributed by atoms with Gasteiger partial charge in [-0.25, -0.2) is 4.98 Å². The normalized spacial score (nSPS) is 18.3. The van der Waals surface area contributed by atoms with Crippen LogP contribution >= 0.6 is 0 Å². The van der Waals surface area contributed by atoms with E-state index in [1.54, 1.807) is 44.6 Å². The summed E-state index contributed by atoms with van der Waals surface area (Å²) >= 11 is 0. The van der Waals surface area contributed by atoms with E-state index in [1.807, 2.05) is 18.2 Å². The first-order chi connectivity index (χ1) is 15.6. The molecule has 2 atom stereocenters. The SMILES string of the molecule is COc1c[c]c(-n2nccn2)c(N2CC[C@H](C)[C@H]2c2nc3cc(OC)c(OC)cc3[nH]2)c1. The molecule has 1 saturated heterocycles. The molecule has 32 heavy (non-hydrogen) atoms. The summed E-state index contributed by atoms with van der Waals surface area (Å²) in [5.74, 6) is 3.32. The summed E-state index contributed by atoms with van der Waals surface area (Å²) in [7, 11) is 4.91. The van der Waals surface area contributed by atoms with Gasteiger partial charge in [-0.1, -0.05) is 6.92 Å². The molecule has 1 fully saturated rings. The molecular formula is C23H25N6O3. The number of fused-ring (bicyclic) bond motifs is 1. The van der Waals surface area contributed by atoms with E-state index in [1.165, 1.54) is 0 Å². The number of benzene rings is 2. The van der Waals surface area contributed by atoms with Gasteiger partial charge in [-0.2, -0.15) is 10.2 Å². The molecule has 0 spiro atoms. The molecule has 9 nitrogen and oxygen atoms in total. The summed E-state index contributed by atoms with van der Waals surface area (Å²) in [5.41, 5.74) is 3.46. The van der Waals surface area contributed by atoms with Crippen LogP contribution in [0.2, 0.25) is 0 Å². The number of nitrogens with zero attached hydrogens (tertiary/aromatic N) is 5. The van der Waals surface area contributed by atoms with Crippen molar-refractivity contribution in [2.45, 2.75) is 19.4 Å². The van der Waals surface area contributed by atoms with E-state index >= 15 is 0 Å². The highest BCUT2D eigenvalue weighted by Crippen LogP contribution is 2.43. The first-order valence-electron chi connectivity index (χ1n) is 10.5. The second-order valence-electron chi connectivity index (χ2n) is 7.84. The minimum atomic E-state index is 0.0363. The summed E-state index contributed by atoms with van der Waals surface area (Å²) in [5, 5.41) is 8.64. The Hall–Kier alpha value is -3.75. The largest absolute Gasteiger partial charge is 0.497 e. The zero-order chi connectivity index (χ0) is 22.2. The van der Waals surface area contributed by atoms with Gasteiger partial charge in [-0.3, -0.25) is 0 Å². The van der Waals surface area contributed by atoms with Crippen LogP contribution in [-0.4, -0.2) is 52.8 Å². The number of anilines is 1. The summed E-state index contributed by atoms with van der Waals surface area (Å²) < 4.78 is 16.4. The van der Waals surface area contributed by atoms with E-state index in [0.717, 1.165) is 46.9 Å². The molecule has 2 aromatic carbocycles. The van der Waals surface area contributed by atoms with Gasteiger partial charge in [-0.15, -0.1) is 4.80 Å². The molecule has 3 heterocycles. The fourth-order valence-corrected chi connectivity index (χ4v) is 4.42. The number of H-pyrrole nitrogens is 1. The van der Waals surface area contributed by atoms with Crippen molar-refractivity contribution in [2.24, 2.45) is 5.92 Å². The fourth-order valence-electron chi connectivity index (χ4n) is 4.42. The lowest BCUT2D eigenvalue weighted by molar-refractivity contribution is 0.356. The Morgan fingerprint density at radius 1 is 1.03 bits per heavy atom. The first kappa shape index (κ1) is 20.2. The molecule has 0 unspecified atom stereocenters. The van der Waals surface area contributed by atoms with Crippen LogP contribution in [-0.2, 0) is 0 Å². The summed E-state index contributed by atoms with van der Waals surface area (Å²) in [6.07, 6.45) is 4.34. The Kier molecular flexibility index (Phi) is 5.08. The zero-order valence-electron chi connectivity index (χ0n) is 18.5. The van der Waals surface area contributed by atoms with Crippen LogP contribution in [0.25, 0.3) is 16.7 Å². The Morgan fingerprint density at radius 2 is 1.78 bits per heavy atom. The van der Waals surface area contributed by atoms with E-state index in [4.69, 9.17) is 19.2 Å². The Bertz CT molecular complexity index is 1200. The molecule has 1 aliphatic rings. The predicted molar refractivity (Wildman–Crippen MR) is 120 cm³/mol. The third-order valence-corrected chi connectivity index (χ3v) is 6.02. The van der Waals surface area contributed by atoms with Gasteiger partial charge in [0.15, 0.2) is 11.5 Å². The van der Waals surface area contributed by atoms with Gasteiger partial charge in [0.25, 0.3) is 0 Å². The number of methoxy groups -OCH3 is 3. The van der Waals surface area contributed by atoms with Crippen molar-refractivity contribution in [3.8, 4) is 22.9 Å². The average Bonchev–Trinajstić information content (AvgIpc) is 3.56. The maximum atomic E-state index is 5.49. The summed E-state index contributed by atoms with van der Waals surface area (Å²) in [6.45, 7) is 3.11. The molecule has 0 bridgehead atoms. The van der Waals surface area contributed by atoms with Gasteiger partial charge in [0.1, 0.15) is 17.3 Å². The van der Waals surface area contributed by atoms with Crippen LogP contribution in [0, 0.1) is 12.0 Å². The van der Waals surface area contributed by atoms with Crippen molar-refractivity contribution < 1.29 is 14.2 Å². The molecule has 4 aromatic rings. The second kappa shape index (κ2) is 8.07. The molecule has 9 heteroatoms. The van der Waals surface area contributed by atoms with Gasteiger partial charge >= 0.3 is 0 Å². The number of aromatic amines is 1. The zero-order valence-corrected chi connectivity index (χ0v) is 18.5. The third kappa shape index (κ3) is 3.30. The summed E-state index contributed by atoms with van der Waals surface area (Å²) in [4.78, 5) is 12.4. The minimum Gasteiger partial charge on any atom is -0.497 e. The lowest BCUT2D eigenvalue weighted by atomic mass is 10.0. The van der Waals surface area contributed by atoms with Gasteiger partial charge in [0.2, 0.25) is 0 Å². The van der Waals surface area contributed by atoms with Crippen molar-refractivity contribution in [2.75, 3.05) is 32.8 Å². The van der Waals surface area contributed by atoms with Crippen LogP contribution < -0.4 is 19.1 Å². The van der Waals surface area contributed by atoms with Gasteiger partial charge in [0, 0.05) is 30.8 Å². The number of nitrogens with one attached hydrogen (secondary N) is 1. The number of rotatable bonds is 6. The molecule has 0 aliphatic carbocycles. The number of ether oxygens (including phenoxy) is 3. The fraction of sp³-hybridized carbons (Fsp3) is 0.348. The molecule has 1 radical (unpaired) electrons. The Balaban J connectivity index is 1.61. The van der Waals surface area contributed by atoms with Crippen molar-refractivity contribution in [3.05, 3.63) is 48.5 Å². The van der Waals surface area contributed by atoms with E-state index in [9.17, 15) is 0 Å². The lowest BCUT2D eigenvalue weighted by Crippen LogP contribution is -2.27. The second-order valence-corrected chi connectivity index (χ2v) is 7.84. The van der Waals surface area contributed by atoms with Gasteiger partial charge in [0.05, 0.1) is 56.5 Å². The highest BCUT2D eigenvalue weighted by molar-refractivity contribution is 5.80. The quantitative estimate of drug-likeness (QED) is 0.497. The highest BCUT2D eigenvalue weighted by atomic mass is 16.5. The summed E-state index contributed by atoms with van der Waals surface area (Å²) in [6, 6.07) is 11.0. The van der Waals surface area contributed by atoms with E-state index < -0.39 is 0 Å². The molecule has 1 aliphatic heterocycles. The molecule has 0 saturated carbocycles. The maximum Gasteiger partial charge on any atom is 0.163 e. The molecule has 1 N–H and O–H groups in total. The topological polar surface area (TPSA) is 90.3 Å². The monoisotopic (exact) mass is 433 g/mol. The van der Waals surface area contributed by atoms with Crippen LogP contribution in [0.3, 0.4) is 0 Å². The van der Waals surface area contributed by atoms with Crippen LogP contribution in [0.4, 0.5) is 5.69 Å². The van der Waals surface area contributed by atoms with Crippen LogP contribution in [0.1, 0.15) is 25.2 Å². The number of hydrogen-bond donors (Lipinski definition) is 1. The Labute approximate surface area is 185 Å². The van der Waals surface area contributed by atoms with E-state index in [-0.39, 0.29) is 6.04 Å². The Morgan fingerprint density at radius 3 is 2.50 bits per heavy atom. The van der Waals surface area contributed by atoms with Crippen molar-refractivity contribution in [1.29, 1.82) is 0 Å². The van der Waals surface area contributed by atoms with Crippen molar-refractivity contribution in [3.63, 3.8) is 0 Å². The number of imidazole rings is 1. The predicted octanol–water partition coefficient (Wildman–Crippen LogP) is 3.56. The molecule has 0 amide bonds. The molecule has 165 valence electrons. The smallest absolute Gasteiger partial charge is 0.163 e. The maximum absolute atomic E-state index is 5.49. The number of aromatic nitrogens is 5. The third-order valence-electron chi connectivity index (χ3n) is 6.02. The van der Waals surface area contributed by atoms with Crippen LogP contribution in [0.15, 0.2) is 36.7 Å². The van der Waals surface area contributed by atoms with Crippen molar-refractivity contribution >= 4 is 16.7 Å². The molecular weight excluding hydrogens is 408 g/mol. The average molecular weight is 433 g/mol. The number of hydrogen-bond acceptors (Lipinski definition) is 7. The van der Waals surface area contributed by atoms with Gasteiger partial charge < -0.3 is 24.1 Å². The van der Waals surface area contributed by atoms with E-state index in [2.05, 4.69) is 33.1 Å². The standard InChI is InChI=1S/C23H25N6O3/c1-14-7-10-28(19-11-15(30-2)5-6-18(19)29-24-8-9-25-29)22(14)23-26-16-12-20(31-3)21(32-4)13-17(16)27-23/h5,8-9,11-14,22H,7,10H2,1-4H3,(H,26,27)/t14-,22-/m0/s1. The lowest BCUT2D eigenvalue weighted by Gasteiger charge is -2.29. The first-order valence-corrected chi connectivity index (χ1v) is 10.5. The van der Waals surface area contributed by atoms with Gasteiger partial charge in [-0.05, 0) is 18.4 Å². The minimum absolute atomic E-state index is 0.0363.